The third-order valence-electron chi connectivity index (χ3n) is 2.54. The van der Waals surface area contributed by atoms with Crippen LogP contribution in [-0.4, -0.2) is 22.8 Å². The van der Waals surface area contributed by atoms with Crippen LogP contribution in [0.25, 0.3) is 0 Å². The molecule has 0 fully saturated rings. The molecule has 2 aromatic heterocycles. The fraction of sp³-hybridized carbons (Fsp3) is 0.250. The van der Waals surface area contributed by atoms with Gasteiger partial charge in [-0.15, -0.1) is 11.3 Å². The fourth-order valence-electron chi connectivity index (χ4n) is 1.65. The molecule has 0 spiro atoms. The normalized spacial score (nSPS) is 10.3. The maximum Gasteiger partial charge on any atom is 0.156 e. The Labute approximate surface area is 114 Å². The van der Waals surface area contributed by atoms with Crippen molar-refractivity contribution in [2.24, 2.45) is 0 Å². The summed E-state index contributed by atoms with van der Waals surface area (Å²) in [6.07, 6.45) is 2.08. The van der Waals surface area contributed by atoms with E-state index in [0.29, 0.717) is 24.2 Å². The van der Waals surface area contributed by atoms with Gasteiger partial charge in [0, 0.05) is 11.4 Å². The van der Waals surface area contributed by atoms with Gasteiger partial charge in [0.15, 0.2) is 6.29 Å². The predicted molar refractivity (Wildman–Crippen MR) is 73.5 cm³/mol. The lowest BCUT2D eigenvalue weighted by Crippen LogP contribution is -2.24. The van der Waals surface area contributed by atoms with Crippen LogP contribution in [0, 0.1) is 0 Å². The molecule has 18 heavy (non-hydrogen) atoms. The molecule has 6 heteroatoms. The van der Waals surface area contributed by atoms with Gasteiger partial charge in [-0.2, -0.15) is 0 Å². The average Bonchev–Trinajstić information content (AvgIpc) is 2.88. The maximum absolute atomic E-state index is 11.1. The van der Waals surface area contributed by atoms with Crippen LogP contribution in [0.1, 0.15) is 22.2 Å². The predicted octanol–water partition coefficient (Wildman–Crippen LogP) is 3.03. The van der Waals surface area contributed by atoms with Gasteiger partial charge in [0.25, 0.3) is 0 Å². The van der Waals surface area contributed by atoms with Gasteiger partial charge in [-0.3, -0.25) is 4.79 Å². The largest absolute Gasteiger partial charge is 0.351 e. The van der Waals surface area contributed by atoms with Crippen molar-refractivity contribution in [2.45, 2.75) is 13.5 Å². The van der Waals surface area contributed by atoms with Crippen LogP contribution < -0.4 is 4.90 Å². The van der Waals surface area contributed by atoms with E-state index in [1.54, 1.807) is 11.3 Å². The molecule has 0 saturated carbocycles. The van der Waals surface area contributed by atoms with Gasteiger partial charge in [0.1, 0.15) is 17.3 Å². The number of aldehydes is 1. The summed E-state index contributed by atoms with van der Waals surface area (Å²) in [6.45, 7) is 3.46. The molecule has 94 valence electrons. The lowest BCUT2D eigenvalue weighted by atomic mass is 10.3. The van der Waals surface area contributed by atoms with E-state index < -0.39 is 0 Å². The van der Waals surface area contributed by atoms with Crippen molar-refractivity contribution in [3.05, 3.63) is 39.4 Å². The minimum absolute atomic E-state index is 0.194. The van der Waals surface area contributed by atoms with E-state index in [4.69, 9.17) is 11.6 Å². The lowest BCUT2D eigenvalue weighted by Gasteiger charge is -2.22. The Morgan fingerprint density at radius 3 is 2.94 bits per heavy atom. The van der Waals surface area contributed by atoms with Gasteiger partial charge in [0.05, 0.1) is 12.1 Å². The highest BCUT2D eigenvalue weighted by Gasteiger charge is 2.15. The van der Waals surface area contributed by atoms with Crippen molar-refractivity contribution in [3.8, 4) is 0 Å². The van der Waals surface area contributed by atoms with Crippen molar-refractivity contribution in [3.63, 3.8) is 0 Å². The molecule has 2 aromatic rings. The summed E-state index contributed by atoms with van der Waals surface area (Å²) < 4.78 is 0. The zero-order chi connectivity index (χ0) is 13.0. The number of thiophene rings is 1. The number of carbonyl (C=O) groups is 1. The SMILES string of the molecule is CCN(Cc1cccs1)c1ncnc(Cl)c1C=O. The van der Waals surface area contributed by atoms with Gasteiger partial charge in [-0.25, -0.2) is 9.97 Å². The molecule has 0 amide bonds. The van der Waals surface area contributed by atoms with Crippen LogP contribution >= 0.6 is 22.9 Å². The second kappa shape index (κ2) is 5.93. The molecule has 4 nitrogen and oxygen atoms in total. The topological polar surface area (TPSA) is 46.1 Å². The van der Waals surface area contributed by atoms with Crippen molar-refractivity contribution >= 4 is 35.0 Å². The minimum Gasteiger partial charge on any atom is -0.351 e. The Balaban J connectivity index is 2.32. The van der Waals surface area contributed by atoms with E-state index in [1.165, 1.54) is 11.2 Å². The van der Waals surface area contributed by atoms with Gasteiger partial charge < -0.3 is 4.90 Å². The van der Waals surface area contributed by atoms with Crippen LogP contribution in [0.15, 0.2) is 23.8 Å². The number of rotatable bonds is 5. The molecule has 0 unspecified atom stereocenters. The first kappa shape index (κ1) is 13.0. The highest BCUT2D eigenvalue weighted by Crippen LogP contribution is 2.23. The van der Waals surface area contributed by atoms with E-state index in [2.05, 4.69) is 16.0 Å². The second-order valence-corrected chi connectivity index (χ2v) is 5.00. The summed E-state index contributed by atoms with van der Waals surface area (Å²) in [5, 5.41) is 2.22. The fourth-order valence-corrected chi connectivity index (χ4v) is 2.54. The standard InChI is InChI=1S/C12H12ClN3OS/c1-2-16(6-9-4-3-5-18-9)12-10(7-17)11(13)14-8-15-12/h3-5,7-8H,2,6H2,1H3. The first-order chi connectivity index (χ1) is 8.76. The van der Waals surface area contributed by atoms with E-state index in [1.807, 2.05) is 23.3 Å². The third kappa shape index (κ3) is 2.68. The lowest BCUT2D eigenvalue weighted by molar-refractivity contribution is 0.112. The van der Waals surface area contributed by atoms with Crippen molar-refractivity contribution in [2.75, 3.05) is 11.4 Å². The van der Waals surface area contributed by atoms with E-state index in [0.717, 1.165) is 6.54 Å². The highest BCUT2D eigenvalue weighted by molar-refractivity contribution is 7.09. The van der Waals surface area contributed by atoms with Crippen LogP contribution in [0.4, 0.5) is 5.82 Å². The molecule has 2 rings (SSSR count). The molecule has 2 heterocycles. The van der Waals surface area contributed by atoms with E-state index >= 15 is 0 Å². The van der Waals surface area contributed by atoms with Crippen molar-refractivity contribution in [1.29, 1.82) is 0 Å². The summed E-state index contributed by atoms with van der Waals surface area (Å²) in [5.41, 5.74) is 0.345. The molecule has 0 radical (unpaired) electrons. The zero-order valence-corrected chi connectivity index (χ0v) is 11.4. The Kier molecular flexibility index (Phi) is 4.28. The van der Waals surface area contributed by atoms with Gasteiger partial charge in [-0.05, 0) is 18.4 Å². The Hall–Kier alpha value is -1.46. The monoisotopic (exact) mass is 281 g/mol. The summed E-state index contributed by atoms with van der Waals surface area (Å²) in [5.74, 6) is 0.584. The number of anilines is 1. The highest BCUT2D eigenvalue weighted by atomic mass is 35.5. The van der Waals surface area contributed by atoms with Crippen LogP contribution in [0.5, 0.6) is 0 Å². The molecule has 0 aliphatic heterocycles. The Morgan fingerprint density at radius 2 is 2.33 bits per heavy atom. The molecule has 0 atom stereocenters. The first-order valence-electron chi connectivity index (χ1n) is 5.49. The molecule has 0 aliphatic carbocycles. The minimum atomic E-state index is 0.194. The molecule has 0 aromatic carbocycles. The van der Waals surface area contributed by atoms with Crippen LogP contribution in [0.3, 0.4) is 0 Å². The number of hydrogen-bond acceptors (Lipinski definition) is 5. The third-order valence-corrected chi connectivity index (χ3v) is 3.70. The number of hydrogen-bond donors (Lipinski definition) is 0. The van der Waals surface area contributed by atoms with E-state index in [9.17, 15) is 4.79 Å². The molecular formula is C12H12ClN3OS. The molecule has 0 N–H and O–H groups in total. The molecule has 0 bridgehead atoms. The Morgan fingerprint density at radius 1 is 1.50 bits per heavy atom. The number of nitrogens with zero attached hydrogens (tertiary/aromatic N) is 3. The van der Waals surface area contributed by atoms with Crippen molar-refractivity contribution < 1.29 is 4.79 Å². The number of halogens is 1. The quantitative estimate of drug-likeness (QED) is 0.624. The molecular weight excluding hydrogens is 270 g/mol. The zero-order valence-electron chi connectivity index (χ0n) is 9.84. The van der Waals surface area contributed by atoms with Crippen LogP contribution in [-0.2, 0) is 6.54 Å². The first-order valence-corrected chi connectivity index (χ1v) is 6.75. The van der Waals surface area contributed by atoms with Crippen LogP contribution in [0.2, 0.25) is 5.15 Å². The van der Waals surface area contributed by atoms with E-state index in [-0.39, 0.29) is 5.15 Å². The molecule has 0 aliphatic rings. The Bertz CT molecular complexity index is 530. The average molecular weight is 282 g/mol. The van der Waals surface area contributed by atoms with Gasteiger partial charge >= 0.3 is 0 Å². The smallest absolute Gasteiger partial charge is 0.156 e. The van der Waals surface area contributed by atoms with Gasteiger partial charge in [-0.1, -0.05) is 17.7 Å². The summed E-state index contributed by atoms with van der Waals surface area (Å²) in [7, 11) is 0. The number of aromatic nitrogens is 2. The summed E-state index contributed by atoms with van der Waals surface area (Å²) in [6, 6.07) is 4.05. The summed E-state index contributed by atoms with van der Waals surface area (Å²) >= 11 is 7.58. The maximum atomic E-state index is 11.1. The number of carbonyl (C=O) groups excluding carboxylic acids is 1. The van der Waals surface area contributed by atoms with Gasteiger partial charge in [0.2, 0.25) is 0 Å². The van der Waals surface area contributed by atoms with Crippen molar-refractivity contribution in [1.82, 2.24) is 9.97 Å². The summed E-state index contributed by atoms with van der Waals surface area (Å²) in [4.78, 5) is 22.3. The second-order valence-electron chi connectivity index (χ2n) is 3.61. The molecule has 0 saturated heterocycles.